The van der Waals surface area contributed by atoms with Crippen LogP contribution in [0, 0.1) is 10.8 Å². The number of carbonyl (C=O) groups excluding carboxylic acids is 5. The summed E-state index contributed by atoms with van der Waals surface area (Å²) in [5.74, 6) is 0.0177. The van der Waals surface area contributed by atoms with E-state index in [2.05, 4.69) is 0 Å². The number of benzene rings is 4. The Balaban J connectivity index is 1.10. The Kier molecular flexibility index (Phi) is 7.96. The Bertz CT molecular complexity index is 2210. The summed E-state index contributed by atoms with van der Waals surface area (Å²) in [6, 6.07) is 16.8. The third-order valence-electron chi connectivity index (χ3n) is 11.2. The second-order valence-electron chi connectivity index (χ2n) is 14.7. The van der Waals surface area contributed by atoms with Gasteiger partial charge < -0.3 is 19.3 Å². The lowest BCUT2D eigenvalue weighted by molar-refractivity contribution is -0.205. The minimum atomic E-state index is -0.693. The molecule has 0 radical (unpaired) electrons. The highest BCUT2D eigenvalue weighted by Gasteiger charge is 2.76. The Labute approximate surface area is 304 Å². The first-order chi connectivity index (χ1) is 24.4. The van der Waals surface area contributed by atoms with Crippen molar-refractivity contribution in [1.82, 2.24) is 0 Å². The molecule has 2 heterocycles. The number of carbonyl (C=O) groups is 5. The number of hydrogen-bond donors (Lipinski definition) is 0. The van der Waals surface area contributed by atoms with E-state index in [9.17, 15) is 24.0 Å². The fourth-order valence-corrected chi connectivity index (χ4v) is 9.75. The van der Waals surface area contributed by atoms with E-state index in [1.54, 1.807) is 21.9 Å². The Morgan fingerprint density at radius 3 is 1.61 bits per heavy atom. The second kappa shape index (κ2) is 12.1. The van der Waals surface area contributed by atoms with E-state index in [1.807, 2.05) is 42.5 Å². The molecule has 3 aliphatic carbocycles. The van der Waals surface area contributed by atoms with Gasteiger partial charge in [0.1, 0.15) is 17.3 Å². The summed E-state index contributed by atoms with van der Waals surface area (Å²) >= 11 is 13.0. The van der Waals surface area contributed by atoms with Gasteiger partial charge in [0.2, 0.25) is 11.8 Å². The summed E-state index contributed by atoms with van der Waals surface area (Å²) < 4.78 is 11.3. The quantitative estimate of drug-likeness (QED) is 0.107. The zero-order chi connectivity index (χ0) is 36.0. The minimum absolute atomic E-state index is 0.0220. The van der Waals surface area contributed by atoms with E-state index in [4.69, 9.17) is 32.7 Å². The van der Waals surface area contributed by atoms with E-state index in [0.29, 0.717) is 66.5 Å². The lowest BCUT2D eigenvalue weighted by Crippen LogP contribution is -2.73. The van der Waals surface area contributed by atoms with Gasteiger partial charge >= 0.3 is 11.9 Å². The van der Waals surface area contributed by atoms with E-state index >= 15 is 0 Å². The zero-order valence-electron chi connectivity index (χ0n) is 28.5. The van der Waals surface area contributed by atoms with Crippen LogP contribution in [0.5, 0.6) is 11.5 Å². The normalized spacial score (nSPS) is 24.1. The van der Waals surface area contributed by atoms with Crippen LogP contribution in [0.4, 0.5) is 11.4 Å². The molecule has 262 valence electrons. The van der Waals surface area contributed by atoms with Crippen LogP contribution in [-0.4, -0.2) is 54.4 Å². The van der Waals surface area contributed by atoms with Crippen LogP contribution in [0.25, 0.3) is 21.5 Å². The molecular formula is C40H36Cl2N2O7. The molecule has 2 atom stereocenters. The van der Waals surface area contributed by atoms with Crippen molar-refractivity contribution in [3.8, 4) is 11.5 Å². The second-order valence-corrected chi connectivity index (χ2v) is 15.3. The number of nitrogens with zero attached hydrogens (tertiary/aromatic N) is 2. The molecule has 51 heavy (non-hydrogen) atoms. The van der Waals surface area contributed by atoms with Gasteiger partial charge in [-0.05, 0) is 53.6 Å². The van der Waals surface area contributed by atoms with Gasteiger partial charge in [0.05, 0.1) is 22.2 Å². The fraction of sp³-hybridized carbons (Fsp3) is 0.375. The minimum Gasteiger partial charge on any atom is -0.426 e. The van der Waals surface area contributed by atoms with Crippen molar-refractivity contribution in [2.24, 2.45) is 10.8 Å². The molecule has 5 aliphatic rings. The van der Waals surface area contributed by atoms with E-state index in [-0.39, 0.29) is 41.7 Å². The maximum absolute atomic E-state index is 14.5. The number of ether oxygens (including phenoxy) is 2. The summed E-state index contributed by atoms with van der Waals surface area (Å²) in [6.45, 7) is 4.99. The van der Waals surface area contributed by atoms with Crippen LogP contribution in [0.2, 0.25) is 0 Å². The number of ketones is 1. The number of amides is 2. The zero-order valence-corrected chi connectivity index (χ0v) is 30.0. The number of fused-ring (bicyclic) bond motifs is 6. The SMILES string of the molecule is CC(=O)Cc1ccc2c(OC(C)=O)cc3c(c2c1)[C@H](CCl)CN3C(=O)C12CC(C(=O)N3C[C@@H](CCl)c4c3cc(OC(C)=O)c3ccccc43)(C1)C2. The highest BCUT2D eigenvalue weighted by molar-refractivity contribution is 6.20. The lowest BCUT2D eigenvalue weighted by atomic mass is 9.34. The van der Waals surface area contributed by atoms with Gasteiger partial charge in [0, 0.05) is 79.9 Å². The Hall–Kier alpha value is -4.47. The smallest absolute Gasteiger partial charge is 0.308 e. The average molecular weight is 728 g/mol. The maximum atomic E-state index is 14.5. The van der Waals surface area contributed by atoms with Gasteiger partial charge in [-0.15, -0.1) is 23.2 Å². The number of Topliss-reactive ketones (excluding diaryl/α,β-unsaturated/α-hetero) is 1. The van der Waals surface area contributed by atoms with Crippen LogP contribution in [0.1, 0.15) is 68.6 Å². The molecule has 3 saturated carbocycles. The van der Waals surface area contributed by atoms with Crippen molar-refractivity contribution in [2.45, 2.75) is 58.3 Å². The first kappa shape index (κ1) is 33.7. The highest BCUT2D eigenvalue weighted by Crippen LogP contribution is 2.75. The molecule has 0 saturated heterocycles. The van der Waals surface area contributed by atoms with Crippen LogP contribution >= 0.6 is 23.2 Å². The van der Waals surface area contributed by atoms with Crippen LogP contribution < -0.4 is 19.3 Å². The molecule has 0 aromatic heterocycles. The average Bonchev–Trinajstić information content (AvgIpc) is 3.61. The predicted molar refractivity (Wildman–Crippen MR) is 195 cm³/mol. The monoisotopic (exact) mass is 726 g/mol. The number of rotatable bonds is 8. The molecule has 2 aliphatic heterocycles. The van der Waals surface area contributed by atoms with Gasteiger partial charge in [-0.1, -0.05) is 42.5 Å². The van der Waals surface area contributed by atoms with Gasteiger partial charge in [-0.2, -0.15) is 0 Å². The largest absolute Gasteiger partial charge is 0.426 e. The molecule has 9 rings (SSSR count). The van der Waals surface area contributed by atoms with Crippen LogP contribution in [-0.2, 0) is 30.4 Å². The van der Waals surface area contributed by atoms with Crippen molar-refractivity contribution in [2.75, 3.05) is 34.6 Å². The van der Waals surface area contributed by atoms with Gasteiger partial charge in [0.25, 0.3) is 0 Å². The predicted octanol–water partition coefficient (Wildman–Crippen LogP) is 7.18. The third-order valence-corrected chi connectivity index (χ3v) is 11.9. The first-order valence-electron chi connectivity index (χ1n) is 17.2. The molecule has 2 bridgehead atoms. The van der Waals surface area contributed by atoms with E-state index in [1.165, 1.54) is 20.8 Å². The van der Waals surface area contributed by atoms with Crippen molar-refractivity contribution in [1.29, 1.82) is 0 Å². The topological polar surface area (TPSA) is 110 Å². The highest BCUT2D eigenvalue weighted by atomic mass is 35.5. The molecule has 0 unspecified atom stereocenters. The van der Waals surface area contributed by atoms with Crippen molar-refractivity contribution in [3.05, 3.63) is 71.3 Å². The van der Waals surface area contributed by atoms with Crippen molar-refractivity contribution < 1.29 is 33.4 Å². The van der Waals surface area contributed by atoms with E-state index < -0.39 is 22.8 Å². The number of hydrogen-bond acceptors (Lipinski definition) is 7. The first-order valence-corrected chi connectivity index (χ1v) is 18.2. The molecule has 0 spiro atoms. The van der Waals surface area contributed by atoms with Gasteiger partial charge in [-0.25, -0.2) is 0 Å². The molecular weight excluding hydrogens is 691 g/mol. The summed E-state index contributed by atoms with van der Waals surface area (Å²) in [5.41, 5.74) is 2.64. The molecule has 4 aromatic carbocycles. The molecule has 11 heteroatoms. The van der Waals surface area contributed by atoms with Crippen molar-refractivity contribution in [3.63, 3.8) is 0 Å². The number of alkyl halides is 2. The van der Waals surface area contributed by atoms with Crippen LogP contribution in [0.3, 0.4) is 0 Å². The molecule has 9 nitrogen and oxygen atoms in total. The van der Waals surface area contributed by atoms with E-state index in [0.717, 1.165) is 32.8 Å². The fourth-order valence-electron chi connectivity index (χ4n) is 9.25. The lowest BCUT2D eigenvalue weighted by Gasteiger charge is -2.69. The van der Waals surface area contributed by atoms with Crippen LogP contribution in [0.15, 0.2) is 54.6 Å². The molecule has 3 fully saturated rings. The Morgan fingerprint density at radius 2 is 1.14 bits per heavy atom. The van der Waals surface area contributed by atoms with Gasteiger partial charge in [0.15, 0.2) is 0 Å². The van der Waals surface area contributed by atoms with Gasteiger partial charge in [-0.3, -0.25) is 24.0 Å². The summed E-state index contributed by atoms with van der Waals surface area (Å²) in [7, 11) is 0. The summed E-state index contributed by atoms with van der Waals surface area (Å²) in [6.07, 6.45) is 1.52. The number of halogens is 2. The summed E-state index contributed by atoms with van der Waals surface area (Å²) in [5, 5.41) is 3.19. The summed E-state index contributed by atoms with van der Waals surface area (Å²) in [4.78, 5) is 68.6. The molecule has 0 N–H and O–H groups in total. The Morgan fingerprint density at radius 1 is 0.667 bits per heavy atom. The number of anilines is 2. The third kappa shape index (κ3) is 5.14. The molecule has 4 aromatic rings. The van der Waals surface area contributed by atoms with Crippen molar-refractivity contribution >= 4 is 85.7 Å². The molecule has 2 amide bonds. The number of esters is 2. The standard InChI is InChI=1S/C40H36Cl2N2O7/c1-21(45)10-24-8-9-28-30(11-24)36-26(15-42)17-44(32(36)13-34(28)51-23(3)47)38(49)40-18-39(19-40,20-40)37(48)43-16-25(14-41)35-29-7-5-4-6-27(29)33(12-31(35)43)50-22(2)46/h4-9,11-13,25-26H,10,14-20H2,1-3H3/t25-,26-,39?,40?/m1/s1. The maximum Gasteiger partial charge on any atom is 0.308 e.